The number of amides is 1. The standard InChI is InChI=1S/C18H14N4OS/c1-12-14(17(23)22(20-12)13-7-3-2-4-8-13)11-21-16-10-6-5-9-15(16)19-18(21)24/h2-11H,1H3,(H,19,24). The van der Waals surface area contributed by atoms with E-state index in [0.717, 1.165) is 16.7 Å². The molecule has 1 aromatic heterocycles. The molecule has 0 saturated heterocycles. The minimum atomic E-state index is -0.161. The second-order valence-corrected chi connectivity index (χ2v) is 5.88. The fourth-order valence-electron chi connectivity index (χ4n) is 2.74. The molecule has 1 aliphatic heterocycles. The van der Waals surface area contributed by atoms with E-state index in [2.05, 4.69) is 10.1 Å². The molecule has 0 radical (unpaired) electrons. The van der Waals surface area contributed by atoms with Crippen molar-refractivity contribution in [3.63, 3.8) is 0 Å². The molecule has 0 fully saturated rings. The number of anilines is 1. The van der Waals surface area contributed by atoms with Crippen LogP contribution in [0, 0.1) is 4.77 Å². The van der Waals surface area contributed by atoms with Crippen molar-refractivity contribution >= 4 is 46.8 Å². The predicted octanol–water partition coefficient (Wildman–Crippen LogP) is 3.96. The number of aromatic amines is 1. The number of para-hydroxylation sites is 3. The van der Waals surface area contributed by atoms with Crippen molar-refractivity contribution in [2.45, 2.75) is 6.92 Å². The molecule has 1 aliphatic rings. The van der Waals surface area contributed by atoms with Gasteiger partial charge in [-0.25, -0.2) is 0 Å². The zero-order valence-corrected chi connectivity index (χ0v) is 13.7. The summed E-state index contributed by atoms with van der Waals surface area (Å²) in [4.78, 5) is 15.9. The summed E-state index contributed by atoms with van der Waals surface area (Å²) in [7, 11) is 0. The number of rotatable bonds is 2. The summed E-state index contributed by atoms with van der Waals surface area (Å²) >= 11 is 5.39. The SMILES string of the molecule is CC1=NN(c2ccccc2)C(=O)C1=Cn1c(=S)[nH]c2ccccc21. The van der Waals surface area contributed by atoms with E-state index in [1.165, 1.54) is 5.01 Å². The Hall–Kier alpha value is -2.99. The van der Waals surface area contributed by atoms with Crippen LogP contribution < -0.4 is 5.01 Å². The molecule has 4 rings (SSSR count). The quantitative estimate of drug-likeness (QED) is 0.570. The van der Waals surface area contributed by atoms with Gasteiger partial charge < -0.3 is 4.98 Å². The van der Waals surface area contributed by atoms with Crippen LogP contribution in [-0.2, 0) is 4.79 Å². The van der Waals surface area contributed by atoms with Crippen LogP contribution >= 0.6 is 12.2 Å². The molecular weight excluding hydrogens is 320 g/mol. The molecule has 0 bridgehead atoms. The van der Waals surface area contributed by atoms with Crippen LogP contribution in [0.3, 0.4) is 0 Å². The molecule has 24 heavy (non-hydrogen) atoms. The minimum Gasteiger partial charge on any atom is -0.330 e. The van der Waals surface area contributed by atoms with Crippen LogP contribution in [0.15, 0.2) is 65.3 Å². The van der Waals surface area contributed by atoms with E-state index in [1.54, 1.807) is 6.20 Å². The molecule has 2 aromatic carbocycles. The lowest BCUT2D eigenvalue weighted by molar-refractivity contribution is -0.114. The zero-order valence-electron chi connectivity index (χ0n) is 12.9. The molecule has 6 heteroatoms. The molecule has 5 nitrogen and oxygen atoms in total. The Morgan fingerprint density at radius 3 is 2.58 bits per heavy atom. The van der Waals surface area contributed by atoms with Gasteiger partial charge in [-0.1, -0.05) is 30.3 Å². The molecule has 0 unspecified atom stereocenters. The smallest absolute Gasteiger partial charge is 0.282 e. The maximum atomic E-state index is 12.8. The fourth-order valence-corrected chi connectivity index (χ4v) is 3.00. The van der Waals surface area contributed by atoms with Crippen LogP contribution in [0.25, 0.3) is 17.2 Å². The first-order valence-electron chi connectivity index (χ1n) is 7.51. The number of imidazole rings is 1. The first-order valence-corrected chi connectivity index (χ1v) is 7.92. The summed E-state index contributed by atoms with van der Waals surface area (Å²) in [5, 5.41) is 5.80. The molecule has 2 heterocycles. The Morgan fingerprint density at radius 2 is 1.79 bits per heavy atom. The van der Waals surface area contributed by atoms with Gasteiger partial charge in [0.2, 0.25) is 0 Å². The van der Waals surface area contributed by atoms with E-state index in [0.29, 0.717) is 16.1 Å². The fraction of sp³-hybridized carbons (Fsp3) is 0.0556. The van der Waals surface area contributed by atoms with Crippen molar-refractivity contribution in [3.05, 3.63) is 64.9 Å². The highest BCUT2D eigenvalue weighted by Crippen LogP contribution is 2.24. The van der Waals surface area contributed by atoms with Crippen LogP contribution in [0.5, 0.6) is 0 Å². The first kappa shape index (κ1) is 14.6. The highest BCUT2D eigenvalue weighted by molar-refractivity contribution is 7.71. The average molecular weight is 334 g/mol. The summed E-state index contributed by atoms with van der Waals surface area (Å²) in [5.74, 6) is -0.161. The summed E-state index contributed by atoms with van der Waals surface area (Å²) < 4.78 is 2.35. The Bertz CT molecular complexity index is 1060. The van der Waals surface area contributed by atoms with Gasteiger partial charge in [-0.15, -0.1) is 0 Å². The highest BCUT2D eigenvalue weighted by atomic mass is 32.1. The summed E-state index contributed by atoms with van der Waals surface area (Å²) in [6.07, 6.45) is 1.76. The molecule has 1 N–H and O–H groups in total. The molecule has 1 amide bonds. The van der Waals surface area contributed by atoms with Crippen molar-refractivity contribution in [1.29, 1.82) is 0 Å². The Morgan fingerprint density at radius 1 is 1.08 bits per heavy atom. The van der Waals surface area contributed by atoms with E-state index in [-0.39, 0.29) is 5.91 Å². The van der Waals surface area contributed by atoms with Crippen molar-refractivity contribution in [2.75, 3.05) is 5.01 Å². The molecule has 0 aliphatic carbocycles. The molecule has 0 atom stereocenters. The lowest BCUT2D eigenvalue weighted by Crippen LogP contribution is -2.21. The van der Waals surface area contributed by atoms with Crippen LogP contribution in [0.2, 0.25) is 0 Å². The second kappa shape index (κ2) is 5.58. The van der Waals surface area contributed by atoms with Crippen molar-refractivity contribution in [2.24, 2.45) is 5.10 Å². The van der Waals surface area contributed by atoms with Crippen molar-refractivity contribution in [3.8, 4) is 0 Å². The molecular formula is C18H14N4OS. The Labute approximate surface area is 143 Å². The number of aromatic nitrogens is 2. The lowest BCUT2D eigenvalue weighted by Gasteiger charge is -2.11. The summed E-state index contributed by atoms with van der Waals surface area (Å²) in [5.41, 5.74) is 3.79. The summed E-state index contributed by atoms with van der Waals surface area (Å²) in [6, 6.07) is 17.2. The van der Waals surface area contributed by atoms with E-state index in [4.69, 9.17) is 12.2 Å². The van der Waals surface area contributed by atoms with Crippen LogP contribution in [-0.4, -0.2) is 21.2 Å². The number of hydrogen-bond donors (Lipinski definition) is 1. The number of nitrogens with zero attached hydrogens (tertiary/aromatic N) is 3. The van der Waals surface area contributed by atoms with Gasteiger partial charge in [0, 0.05) is 6.20 Å². The van der Waals surface area contributed by atoms with E-state index >= 15 is 0 Å². The Kier molecular flexibility index (Phi) is 3.39. The number of H-pyrrole nitrogens is 1. The van der Waals surface area contributed by atoms with E-state index in [9.17, 15) is 4.79 Å². The van der Waals surface area contributed by atoms with E-state index in [1.807, 2.05) is 66.1 Å². The zero-order chi connectivity index (χ0) is 16.7. The molecule has 0 saturated carbocycles. The van der Waals surface area contributed by atoms with Gasteiger partial charge >= 0.3 is 0 Å². The molecule has 118 valence electrons. The number of carbonyl (C=O) groups is 1. The third-order valence-corrected chi connectivity index (χ3v) is 4.24. The van der Waals surface area contributed by atoms with Crippen LogP contribution in [0.4, 0.5) is 5.69 Å². The van der Waals surface area contributed by atoms with Crippen LogP contribution in [0.1, 0.15) is 6.92 Å². The highest BCUT2D eigenvalue weighted by Gasteiger charge is 2.29. The van der Waals surface area contributed by atoms with Gasteiger partial charge in [0.15, 0.2) is 4.77 Å². The molecule has 0 spiro atoms. The van der Waals surface area contributed by atoms with Gasteiger partial charge in [0.05, 0.1) is 28.0 Å². The number of benzene rings is 2. The van der Waals surface area contributed by atoms with Gasteiger partial charge in [-0.05, 0) is 43.4 Å². The third-order valence-electron chi connectivity index (χ3n) is 3.95. The Balaban J connectivity index is 1.81. The van der Waals surface area contributed by atoms with E-state index < -0.39 is 0 Å². The monoisotopic (exact) mass is 334 g/mol. The second-order valence-electron chi connectivity index (χ2n) is 5.50. The van der Waals surface area contributed by atoms with Crippen molar-refractivity contribution in [1.82, 2.24) is 9.55 Å². The number of carbonyl (C=O) groups excluding carboxylic acids is 1. The van der Waals surface area contributed by atoms with Gasteiger partial charge in [-0.3, -0.25) is 9.36 Å². The van der Waals surface area contributed by atoms with Gasteiger partial charge in [0.1, 0.15) is 0 Å². The first-order chi connectivity index (χ1) is 11.6. The topological polar surface area (TPSA) is 53.4 Å². The van der Waals surface area contributed by atoms with Gasteiger partial charge in [0.25, 0.3) is 5.91 Å². The number of fused-ring (bicyclic) bond motifs is 1. The van der Waals surface area contributed by atoms with Crippen molar-refractivity contribution < 1.29 is 4.79 Å². The number of hydrazone groups is 1. The predicted molar refractivity (Wildman–Crippen MR) is 98.4 cm³/mol. The number of hydrogen-bond acceptors (Lipinski definition) is 3. The third kappa shape index (κ3) is 2.28. The maximum absolute atomic E-state index is 12.8. The van der Waals surface area contributed by atoms with Gasteiger partial charge in [-0.2, -0.15) is 10.1 Å². The average Bonchev–Trinajstić information content (AvgIpc) is 3.07. The maximum Gasteiger partial charge on any atom is 0.282 e. The normalized spacial score (nSPS) is 16.2. The molecule has 3 aromatic rings. The lowest BCUT2D eigenvalue weighted by atomic mass is 10.2. The summed E-state index contributed by atoms with van der Waals surface area (Å²) in [6.45, 7) is 1.82. The largest absolute Gasteiger partial charge is 0.330 e. The minimum absolute atomic E-state index is 0.161. The number of nitrogens with one attached hydrogen (secondary N) is 1.